The van der Waals surface area contributed by atoms with Crippen LogP contribution in [-0.2, 0) is 17.8 Å². The number of hydrogen-bond donors (Lipinski definition) is 1. The van der Waals surface area contributed by atoms with Gasteiger partial charge in [-0.2, -0.15) is 5.26 Å². The molecule has 1 aromatic carbocycles. The van der Waals surface area contributed by atoms with E-state index in [9.17, 15) is 15.2 Å². The molecule has 0 saturated carbocycles. The summed E-state index contributed by atoms with van der Waals surface area (Å²) in [5.41, 5.74) is 3.50. The van der Waals surface area contributed by atoms with E-state index in [1.807, 2.05) is 17.0 Å². The van der Waals surface area contributed by atoms with Crippen LogP contribution in [0, 0.1) is 11.5 Å². The maximum absolute atomic E-state index is 12.3. The number of methoxy groups -OCH3 is 1. The van der Waals surface area contributed by atoms with Crippen LogP contribution in [0.1, 0.15) is 35.6 Å². The van der Waals surface area contributed by atoms with Gasteiger partial charge in [-0.1, -0.05) is 12.1 Å². The summed E-state index contributed by atoms with van der Waals surface area (Å²) in [4.78, 5) is 14.1. The average molecular weight is 325 g/mol. The lowest BCUT2D eigenvalue weighted by Gasteiger charge is -2.41. The van der Waals surface area contributed by atoms with Crippen molar-refractivity contribution in [3.05, 3.63) is 35.0 Å². The molecule has 1 saturated heterocycles. The Balaban J connectivity index is 2.00. The van der Waals surface area contributed by atoms with E-state index in [1.54, 1.807) is 0 Å². The van der Waals surface area contributed by atoms with Gasteiger partial charge in [0.1, 0.15) is 0 Å². The third-order valence-electron chi connectivity index (χ3n) is 5.46. The molecule has 0 bridgehead atoms. The van der Waals surface area contributed by atoms with Crippen molar-refractivity contribution in [2.45, 2.75) is 37.8 Å². The van der Waals surface area contributed by atoms with Gasteiger partial charge >= 0.3 is 6.09 Å². The maximum atomic E-state index is 12.3. The number of piperidine rings is 1. The number of carbonyl (C=O) groups is 1. The van der Waals surface area contributed by atoms with Gasteiger partial charge in [0.15, 0.2) is 6.19 Å². The Labute approximate surface area is 139 Å². The molecule has 2 aromatic rings. The monoisotopic (exact) mass is 325 g/mol. The van der Waals surface area contributed by atoms with Crippen LogP contribution in [0.2, 0.25) is 0 Å². The number of rotatable bonds is 1. The minimum absolute atomic E-state index is 0.0978. The molecule has 2 aliphatic rings. The van der Waals surface area contributed by atoms with Crippen LogP contribution in [0.25, 0.3) is 10.9 Å². The van der Waals surface area contributed by atoms with Gasteiger partial charge in [-0.25, -0.2) is 9.36 Å². The van der Waals surface area contributed by atoms with Gasteiger partial charge in [0, 0.05) is 23.9 Å². The molecule has 4 rings (SSSR count). The molecule has 2 heterocycles. The van der Waals surface area contributed by atoms with Crippen molar-refractivity contribution in [3.8, 4) is 6.19 Å². The molecule has 2 atom stereocenters. The number of benzene rings is 1. The fourth-order valence-corrected chi connectivity index (χ4v) is 4.50. The van der Waals surface area contributed by atoms with E-state index in [-0.39, 0.29) is 18.6 Å². The molecule has 6 heteroatoms. The zero-order valence-corrected chi connectivity index (χ0v) is 13.5. The zero-order valence-electron chi connectivity index (χ0n) is 13.5. The minimum atomic E-state index is -0.491. The second kappa shape index (κ2) is 5.53. The molecule has 1 aliphatic carbocycles. The topological polar surface area (TPSA) is 78.5 Å². The fraction of sp³-hybridized carbons (Fsp3) is 0.444. The van der Waals surface area contributed by atoms with Gasteiger partial charge in [0.25, 0.3) is 0 Å². The van der Waals surface area contributed by atoms with Crippen molar-refractivity contribution in [1.29, 1.82) is 5.26 Å². The predicted molar refractivity (Wildman–Crippen MR) is 87.4 cm³/mol. The van der Waals surface area contributed by atoms with E-state index >= 15 is 0 Å². The van der Waals surface area contributed by atoms with Crippen LogP contribution in [0.4, 0.5) is 4.79 Å². The van der Waals surface area contributed by atoms with E-state index in [2.05, 4.69) is 12.3 Å². The number of aromatic nitrogens is 1. The van der Waals surface area contributed by atoms with Crippen LogP contribution in [-0.4, -0.2) is 40.4 Å². The Kier molecular flexibility index (Phi) is 3.47. The average Bonchev–Trinajstić information content (AvgIpc) is 2.95. The van der Waals surface area contributed by atoms with Crippen molar-refractivity contribution < 1.29 is 14.6 Å². The first-order valence-corrected chi connectivity index (χ1v) is 8.21. The van der Waals surface area contributed by atoms with Gasteiger partial charge in [0.05, 0.1) is 24.9 Å². The molecule has 6 nitrogen and oxygen atoms in total. The van der Waals surface area contributed by atoms with Crippen molar-refractivity contribution >= 4 is 17.0 Å². The number of hydrogen-bond acceptors (Lipinski definition) is 5. The number of fused-ring (bicyclic) bond motifs is 2. The molecule has 0 unspecified atom stereocenters. The predicted octanol–water partition coefficient (Wildman–Crippen LogP) is 2.33. The number of carbonyl (C=O) groups excluding carboxylic acids is 1. The van der Waals surface area contributed by atoms with Gasteiger partial charge in [-0.15, -0.1) is 0 Å². The molecule has 1 aliphatic heterocycles. The quantitative estimate of drug-likeness (QED) is 0.814. The highest BCUT2D eigenvalue weighted by atomic mass is 16.5. The number of ether oxygens (including phenoxy) is 1. The molecule has 0 radical (unpaired) electrons. The highest BCUT2D eigenvalue weighted by Gasteiger charge is 2.39. The number of likely N-dealkylation sites (tertiary alicyclic amines) is 1. The largest absolute Gasteiger partial charge is 0.452 e. The van der Waals surface area contributed by atoms with Crippen molar-refractivity contribution in [3.63, 3.8) is 0 Å². The van der Waals surface area contributed by atoms with Crippen molar-refractivity contribution in [2.24, 2.45) is 0 Å². The molecule has 1 fully saturated rings. The van der Waals surface area contributed by atoms with Gasteiger partial charge in [-0.05, 0) is 36.5 Å². The van der Waals surface area contributed by atoms with Crippen LogP contribution >= 0.6 is 0 Å². The highest BCUT2D eigenvalue weighted by molar-refractivity contribution is 5.96. The smallest absolute Gasteiger partial charge is 0.418 e. The first kappa shape index (κ1) is 15.0. The molecule has 124 valence electrons. The molecule has 0 spiro atoms. The Morgan fingerprint density at radius 3 is 3.04 bits per heavy atom. The summed E-state index contributed by atoms with van der Waals surface area (Å²) >= 11 is 0. The lowest BCUT2D eigenvalue weighted by molar-refractivity contribution is 0.170. The molecule has 1 N–H and O–H groups in total. The molecular weight excluding hydrogens is 306 g/mol. The number of nitrogens with zero attached hydrogens (tertiary/aromatic N) is 3. The lowest BCUT2D eigenvalue weighted by atomic mass is 9.75. The summed E-state index contributed by atoms with van der Waals surface area (Å²) in [6.07, 6.45) is 4.53. The van der Waals surface area contributed by atoms with E-state index in [4.69, 9.17) is 4.74 Å². The third-order valence-corrected chi connectivity index (χ3v) is 5.46. The van der Waals surface area contributed by atoms with E-state index in [1.165, 1.54) is 17.2 Å². The van der Waals surface area contributed by atoms with Crippen LogP contribution < -0.4 is 0 Å². The Bertz CT molecular complexity index is 864. The first-order chi connectivity index (χ1) is 11.7. The molecule has 1 aromatic heterocycles. The SMILES string of the molecule is COC(=O)n1c(CO)c2c3c(cccc31)[C@H]1CCCN(C#N)[C@@H]1C2. The Morgan fingerprint density at radius 1 is 1.50 bits per heavy atom. The van der Waals surface area contributed by atoms with E-state index < -0.39 is 6.09 Å². The summed E-state index contributed by atoms with van der Waals surface area (Å²) < 4.78 is 6.39. The fourth-order valence-electron chi connectivity index (χ4n) is 4.50. The third kappa shape index (κ3) is 1.88. The van der Waals surface area contributed by atoms with Crippen LogP contribution in [0.15, 0.2) is 18.2 Å². The maximum Gasteiger partial charge on any atom is 0.418 e. The second-order valence-electron chi connectivity index (χ2n) is 6.44. The summed E-state index contributed by atoms with van der Waals surface area (Å²) in [7, 11) is 1.34. The van der Waals surface area contributed by atoms with Crippen LogP contribution in [0.5, 0.6) is 0 Å². The standard InChI is InChI=1S/C18H19N3O3/c1-24-18(23)21-14-6-2-4-12-11-5-3-7-20(10-19)15(11)8-13(17(12)14)16(21)9-22/h2,4,6,11,15,22H,3,5,7-9H2,1H3/t11-,15-/m1/s1. The van der Waals surface area contributed by atoms with Gasteiger partial charge in [0.2, 0.25) is 0 Å². The zero-order chi connectivity index (χ0) is 16.8. The Morgan fingerprint density at radius 2 is 2.33 bits per heavy atom. The summed E-state index contributed by atoms with van der Waals surface area (Å²) in [5, 5.41) is 20.4. The van der Waals surface area contributed by atoms with Crippen molar-refractivity contribution in [1.82, 2.24) is 9.47 Å². The first-order valence-electron chi connectivity index (χ1n) is 8.21. The van der Waals surface area contributed by atoms with Gasteiger partial charge in [-0.3, -0.25) is 0 Å². The highest BCUT2D eigenvalue weighted by Crippen LogP contribution is 2.45. The normalized spacial score (nSPS) is 22.1. The van der Waals surface area contributed by atoms with Crippen LogP contribution in [0.3, 0.4) is 0 Å². The molecular formula is C18H19N3O3. The number of aliphatic hydroxyl groups excluding tert-OH is 1. The minimum Gasteiger partial charge on any atom is -0.452 e. The summed E-state index contributed by atoms with van der Waals surface area (Å²) in [5.74, 6) is 0.287. The second-order valence-corrected chi connectivity index (χ2v) is 6.44. The summed E-state index contributed by atoms with van der Waals surface area (Å²) in [6, 6.07) is 6.02. The van der Waals surface area contributed by atoms with E-state index in [0.29, 0.717) is 12.1 Å². The Hall–Kier alpha value is -2.52. The summed E-state index contributed by atoms with van der Waals surface area (Å²) in [6.45, 7) is 0.539. The van der Waals surface area contributed by atoms with Gasteiger partial charge < -0.3 is 14.7 Å². The van der Waals surface area contributed by atoms with Crippen molar-refractivity contribution in [2.75, 3.05) is 13.7 Å². The molecule has 24 heavy (non-hydrogen) atoms. The molecule has 0 amide bonds. The number of nitriles is 1. The number of aliphatic hydroxyl groups is 1. The lowest BCUT2D eigenvalue weighted by Crippen LogP contribution is -2.44. The van der Waals surface area contributed by atoms with E-state index in [0.717, 1.165) is 35.9 Å².